The smallest absolute Gasteiger partial charge is 0.235 e. The average molecular weight is 298 g/mol. The largest absolute Gasteiger partial charge is 0.495 e. The fourth-order valence-corrected chi connectivity index (χ4v) is 2.58. The second kappa shape index (κ2) is 4.51. The number of aliphatic imine (C=N–C) groups is 1. The van der Waals surface area contributed by atoms with Gasteiger partial charge in [-0.3, -0.25) is 0 Å². The highest BCUT2D eigenvalue weighted by Crippen LogP contribution is 2.54. The van der Waals surface area contributed by atoms with Crippen LogP contribution in [0, 0.1) is 0 Å². The van der Waals surface area contributed by atoms with Gasteiger partial charge in [0.25, 0.3) is 0 Å². The topological polar surface area (TPSA) is 47.9 Å². The molecule has 0 bridgehead atoms. The van der Waals surface area contributed by atoms with Crippen LogP contribution in [0.5, 0.6) is 11.5 Å². The first kappa shape index (κ1) is 12.1. The normalized spacial score (nSPS) is 15.9. The van der Waals surface area contributed by atoms with Crippen molar-refractivity contribution in [3.05, 3.63) is 22.2 Å². The molecule has 0 aliphatic heterocycles. The van der Waals surface area contributed by atoms with Crippen molar-refractivity contribution < 1.29 is 14.3 Å². The Morgan fingerprint density at radius 3 is 2.53 bits per heavy atom. The van der Waals surface area contributed by atoms with Crippen LogP contribution in [0.4, 0.5) is 0 Å². The quantitative estimate of drug-likeness (QED) is 0.634. The molecule has 0 unspecified atom stereocenters. The van der Waals surface area contributed by atoms with Crippen molar-refractivity contribution in [3.63, 3.8) is 0 Å². The van der Waals surface area contributed by atoms with E-state index in [1.165, 1.54) is 0 Å². The van der Waals surface area contributed by atoms with Crippen molar-refractivity contribution in [3.8, 4) is 11.5 Å². The minimum Gasteiger partial charge on any atom is -0.495 e. The van der Waals surface area contributed by atoms with Crippen molar-refractivity contribution in [1.82, 2.24) is 0 Å². The van der Waals surface area contributed by atoms with Gasteiger partial charge in [0.2, 0.25) is 6.08 Å². The lowest BCUT2D eigenvalue weighted by Gasteiger charge is -2.16. The van der Waals surface area contributed by atoms with E-state index in [0.717, 1.165) is 22.9 Å². The molecule has 2 rings (SSSR count). The zero-order valence-electron chi connectivity index (χ0n) is 9.62. The van der Waals surface area contributed by atoms with E-state index in [-0.39, 0.29) is 0 Å². The van der Waals surface area contributed by atoms with Crippen molar-refractivity contribution >= 4 is 22.0 Å². The standard InChI is InChI=1S/C12H12BrNO3/c1-16-9-4-3-8(11(17-2)10(9)13)12(5-6-12)14-7-15/h3-4H,5-6H2,1-2H3. The van der Waals surface area contributed by atoms with Crippen LogP contribution in [0.2, 0.25) is 0 Å². The van der Waals surface area contributed by atoms with Gasteiger partial charge < -0.3 is 9.47 Å². The molecule has 1 aliphatic carbocycles. The lowest BCUT2D eigenvalue weighted by Crippen LogP contribution is -2.06. The number of hydrogen-bond acceptors (Lipinski definition) is 4. The number of nitrogens with zero attached hydrogens (tertiary/aromatic N) is 1. The minimum atomic E-state index is -0.443. The molecule has 0 radical (unpaired) electrons. The molecule has 1 aliphatic rings. The number of rotatable bonds is 4. The fourth-order valence-electron chi connectivity index (χ4n) is 1.91. The number of isocyanates is 1. The fraction of sp³-hybridized carbons (Fsp3) is 0.417. The Labute approximate surface area is 108 Å². The zero-order chi connectivity index (χ0) is 12.5. The molecule has 1 saturated carbocycles. The first-order valence-corrected chi connectivity index (χ1v) is 5.98. The maximum atomic E-state index is 10.5. The number of ether oxygens (including phenoxy) is 2. The van der Waals surface area contributed by atoms with Gasteiger partial charge in [-0.15, -0.1) is 0 Å². The Balaban J connectivity index is 2.56. The molecule has 0 heterocycles. The summed E-state index contributed by atoms with van der Waals surface area (Å²) in [6.07, 6.45) is 3.33. The van der Waals surface area contributed by atoms with Gasteiger partial charge in [-0.25, -0.2) is 4.79 Å². The van der Waals surface area contributed by atoms with Gasteiger partial charge in [0.15, 0.2) is 0 Å². The third kappa shape index (κ3) is 1.96. The highest BCUT2D eigenvalue weighted by Gasteiger charge is 2.47. The van der Waals surface area contributed by atoms with Gasteiger partial charge in [0.05, 0.1) is 14.2 Å². The van der Waals surface area contributed by atoms with Gasteiger partial charge in [-0.2, -0.15) is 4.99 Å². The Morgan fingerprint density at radius 2 is 2.06 bits per heavy atom. The molecule has 0 aromatic heterocycles. The summed E-state index contributed by atoms with van der Waals surface area (Å²) in [5.41, 5.74) is 0.457. The maximum Gasteiger partial charge on any atom is 0.235 e. The molecule has 0 N–H and O–H groups in total. The van der Waals surface area contributed by atoms with Crippen molar-refractivity contribution in [2.75, 3.05) is 14.2 Å². The van der Waals surface area contributed by atoms with E-state index in [2.05, 4.69) is 20.9 Å². The second-order valence-corrected chi connectivity index (χ2v) is 4.69. The van der Waals surface area contributed by atoms with E-state index in [9.17, 15) is 4.79 Å². The SMILES string of the molecule is COc1ccc(C2(N=C=O)CC2)c(OC)c1Br. The van der Waals surface area contributed by atoms with Crippen LogP contribution >= 0.6 is 15.9 Å². The van der Waals surface area contributed by atoms with E-state index in [0.29, 0.717) is 11.5 Å². The lowest BCUT2D eigenvalue weighted by molar-refractivity contribution is 0.383. The van der Waals surface area contributed by atoms with E-state index >= 15 is 0 Å². The molecule has 5 heteroatoms. The summed E-state index contributed by atoms with van der Waals surface area (Å²) in [4.78, 5) is 14.4. The number of carbonyl (C=O) groups excluding carboxylic acids is 1. The highest BCUT2D eigenvalue weighted by molar-refractivity contribution is 9.10. The van der Waals surface area contributed by atoms with Crippen LogP contribution in [0.1, 0.15) is 18.4 Å². The number of methoxy groups -OCH3 is 2. The molecule has 17 heavy (non-hydrogen) atoms. The Hall–Kier alpha value is -1.32. The summed E-state index contributed by atoms with van der Waals surface area (Å²) in [7, 11) is 3.18. The van der Waals surface area contributed by atoms with Crippen molar-refractivity contribution in [2.24, 2.45) is 4.99 Å². The molecule has 1 fully saturated rings. The second-order valence-electron chi connectivity index (χ2n) is 3.90. The van der Waals surface area contributed by atoms with E-state index < -0.39 is 5.54 Å². The van der Waals surface area contributed by atoms with Crippen molar-refractivity contribution in [1.29, 1.82) is 0 Å². The predicted molar refractivity (Wildman–Crippen MR) is 66.3 cm³/mol. The Morgan fingerprint density at radius 1 is 1.35 bits per heavy atom. The molecule has 0 atom stereocenters. The average Bonchev–Trinajstić information content (AvgIpc) is 3.10. The molecular formula is C12H12BrNO3. The van der Waals surface area contributed by atoms with Crippen LogP contribution in [-0.2, 0) is 10.3 Å². The zero-order valence-corrected chi connectivity index (χ0v) is 11.2. The number of hydrogen-bond donors (Lipinski definition) is 0. The van der Waals surface area contributed by atoms with Crippen LogP contribution in [0.15, 0.2) is 21.6 Å². The van der Waals surface area contributed by atoms with Crippen LogP contribution < -0.4 is 9.47 Å². The van der Waals surface area contributed by atoms with E-state index in [4.69, 9.17) is 9.47 Å². The Bertz CT molecular complexity index is 491. The summed E-state index contributed by atoms with van der Waals surface area (Å²) >= 11 is 3.43. The van der Waals surface area contributed by atoms with Crippen LogP contribution in [-0.4, -0.2) is 20.3 Å². The van der Waals surface area contributed by atoms with Gasteiger partial charge >= 0.3 is 0 Å². The molecule has 90 valence electrons. The molecule has 4 nitrogen and oxygen atoms in total. The molecule has 1 aromatic rings. The summed E-state index contributed by atoms with van der Waals surface area (Å²) in [6, 6.07) is 3.72. The maximum absolute atomic E-state index is 10.5. The third-order valence-corrected chi connectivity index (χ3v) is 3.72. The molecule has 1 aromatic carbocycles. The van der Waals surface area contributed by atoms with Crippen LogP contribution in [0.3, 0.4) is 0 Å². The summed E-state index contributed by atoms with van der Waals surface area (Å²) in [6.45, 7) is 0. The van der Waals surface area contributed by atoms with Gasteiger partial charge in [0, 0.05) is 5.56 Å². The molecule has 0 spiro atoms. The highest BCUT2D eigenvalue weighted by atomic mass is 79.9. The van der Waals surface area contributed by atoms with Gasteiger partial charge in [0.1, 0.15) is 21.5 Å². The first-order valence-electron chi connectivity index (χ1n) is 5.18. The van der Waals surface area contributed by atoms with Gasteiger partial charge in [-0.05, 0) is 40.9 Å². The Kier molecular flexibility index (Phi) is 3.22. The molecule has 0 amide bonds. The summed E-state index contributed by atoms with van der Waals surface area (Å²) < 4.78 is 11.3. The lowest BCUT2D eigenvalue weighted by atomic mass is 10.0. The minimum absolute atomic E-state index is 0.443. The predicted octanol–water partition coefficient (Wildman–Crippen LogP) is 2.79. The number of halogens is 1. The summed E-state index contributed by atoms with van der Waals surface area (Å²) in [5, 5.41) is 0. The first-order chi connectivity index (χ1) is 8.18. The van der Waals surface area contributed by atoms with Crippen LogP contribution in [0.25, 0.3) is 0 Å². The van der Waals surface area contributed by atoms with Gasteiger partial charge in [-0.1, -0.05) is 0 Å². The molecule has 0 saturated heterocycles. The summed E-state index contributed by atoms with van der Waals surface area (Å²) in [5.74, 6) is 1.36. The van der Waals surface area contributed by atoms with E-state index in [1.54, 1.807) is 20.3 Å². The number of benzene rings is 1. The monoisotopic (exact) mass is 297 g/mol. The molecular weight excluding hydrogens is 286 g/mol. The third-order valence-electron chi connectivity index (χ3n) is 2.97. The van der Waals surface area contributed by atoms with E-state index in [1.807, 2.05) is 12.1 Å². The van der Waals surface area contributed by atoms with Crippen molar-refractivity contribution in [2.45, 2.75) is 18.4 Å².